The highest BCUT2D eigenvalue weighted by Gasteiger charge is 2.46. The molecule has 1 aromatic rings. The van der Waals surface area contributed by atoms with Crippen LogP contribution in [0.15, 0.2) is 35.8 Å². The van der Waals surface area contributed by atoms with Gasteiger partial charge in [-0.2, -0.15) is 0 Å². The van der Waals surface area contributed by atoms with E-state index in [1.807, 2.05) is 0 Å². The standard InChI is InChI=1S/C16H16O9/c17-5-8-11(20)12(21)14(23)16(24-8)25-15-10(19)7-4-2-1-3-6(7)9(18)13(15)22/h1-4,8,11-12,14,16-17,20-23H,5H2/t8-,11-,12+,14-,16?/m1/s1. The van der Waals surface area contributed by atoms with Gasteiger partial charge >= 0.3 is 0 Å². The van der Waals surface area contributed by atoms with Crippen molar-refractivity contribution in [3.63, 3.8) is 0 Å². The number of ketones is 2. The molecule has 2 aliphatic rings. The Balaban J connectivity index is 1.91. The summed E-state index contributed by atoms with van der Waals surface area (Å²) in [5.74, 6) is -3.34. The Morgan fingerprint density at radius 3 is 2.16 bits per heavy atom. The Labute approximate surface area is 141 Å². The number of hydrogen-bond donors (Lipinski definition) is 5. The third kappa shape index (κ3) is 2.81. The Kier molecular flexibility index (Phi) is 4.58. The van der Waals surface area contributed by atoms with Crippen LogP contribution in [0.4, 0.5) is 0 Å². The number of carbonyl (C=O) groups is 2. The fourth-order valence-electron chi connectivity index (χ4n) is 2.73. The zero-order chi connectivity index (χ0) is 18.3. The molecule has 25 heavy (non-hydrogen) atoms. The molecule has 0 radical (unpaired) electrons. The van der Waals surface area contributed by atoms with Crippen LogP contribution >= 0.6 is 0 Å². The van der Waals surface area contributed by atoms with Crippen LogP contribution in [0.3, 0.4) is 0 Å². The predicted octanol–water partition coefficient (Wildman–Crippen LogP) is -1.35. The molecule has 0 bridgehead atoms. The molecule has 9 nitrogen and oxygen atoms in total. The number of aliphatic hydroxyl groups is 5. The van der Waals surface area contributed by atoms with Crippen molar-refractivity contribution in [2.45, 2.75) is 30.7 Å². The minimum atomic E-state index is -1.78. The zero-order valence-corrected chi connectivity index (χ0v) is 12.8. The van der Waals surface area contributed by atoms with Gasteiger partial charge in [-0.15, -0.1) is 0 Å². The first-order valence-corrected chi connectivity index (χ1v) is 7.45. The average molecular weight is 352 g/mol. The number of hydrogen-bond acceptors (Lipinski definition) is 9. The Morgan fingerprint density at radius 1 is 0.960 bits per heavy atom. The summed E-state index contributed by atoms with van der Waals surface area (Å²) < 4.78 is 10.3. The SMILES string of the molecule is O=C1C(O)=C(OC2O[C@H](CO)[C@@H](O)[C@H](O)[C@H]2O)C(=O)c2ccccc21. The maximum atomic E-state index is 12.5. The average Bonchev–Trinajstić information content (AvgIpc) is 2.63. The highest BCUT2D eigenvalue weighted by Crippen LogP contribution is 2.30. The summed E-state index contributed by atoms with van der Waals surface area (Å²) >= 11 is 0. The normalized spacial score (nSPS) is 32.6. The summed E-state index contributed by atoms with van der Waals surface area (Å²) in [5, 5.41) is 48.6. The van der Waals surface area contributed by atoms with Gasteiger partial charge in [-0.25, -0.2) is 0 Å². The molecule has 3 rings (SSSR count). The molecule has 0 amide bonds. The van der Waals surface area contributed by atoms with Crippen LogP contribution in [0.25, 0.3) is 0 Å². The monoisotopic (exact) mass is 352 g/mol. The van der Waals surface area contributed by atoms with E-state index >= 15 is 0 Å². The Hall–Kier alpha value is -2.30. The number of carbonyl (C=O) groups excluding carboxylic acids is 2. The highest BCUT2D eigenvalue weighted by molar-refractivity contribution is 6.25. The van der Waals surface area contributed by atoms with Gasteiger partial charge in [0, 0.05) is 11.1 Å². The molecular weight excluding hydrogens is 336 g/mol. The Bertz CT molecular complexity index is 739. The van der Waals surface area contributed by atoms with E-state index in [4.69, 9.17) is 14.6 Å². The summed E-state index contributed by atoms with van der Waals surface area (Å²) in [4.78, 5) is 24.6. The van der Waals surface area contributed by atoms with Gasteiger partial charge in [0.15, 0.2) is 0 Å². The van der Waals surface area contributed by atoms with Crippen molar-refractivity contribution in [3.8, 4) is 0 Å². The van der Waals surface area contributed by atoms with Crippen LogP contribution in [0.1, 0.15) is 20.7 Å². The van der Waals surface area contributed by atoms with E-state index in [0.29, 0.717) is 0 Å². The summed E-state index contributed by atoms with van der Waals surface area (Å²) in [6.07, 6.45) is -8.05. The van der Waals surface area contributed by atoms with Gasteiger partial charge in [0.05, 0.1) is 6.61 Å². The van der Waals surface area contributed by atoms with Gasteiger partial charge in [-0.1, -0.05) is 24.3 Å². The molecule has 5 N–H and O–H groups in total. The van der Waals surface area contributed by atoms with Gasteiger partial charge < -0.3 is 35.0 Å². The molecule has 1 heterocycles. The van der Waals surface area contributed by atoms with Gasteiger partial charge in [-0.3, -0.25) is 9.59 Å². The highest BCUT2D eigenvalue weighted by atomic mass is 16.7. The molecule has 5 atom stereocenters. The fraction of sp³-hybridized carbons (Fsp3) is 0.375. The number of allylic oxidation sites excluding steroid dienone is 2. The van der Waals surface area contributed by atoms with E-state index < -0.39 is 60.4 Å². The lowest BCUT2D eigenvalue weighted by Crippen LogP contribution is -2.59. The maximum absolute atomic E-state index is 12.5. The van der Waals surface area contributed by atoms with Crippen molar-refractivity contribution in [1.82, 2.24) is 0 Å². The van der Waals surface area contributed by atoms with Gasteiger partial charge in [0.2, 0.25) is 29.4 Å². The largest absolute Gasteiger partial charge is 0.501 e. The quantitative estimate of drug-likeness (QED) is 0.444. The predicted molar refractivity (Wildman–Crippen MR) is 79.6 cm³/mol. The van der Waals surface area contributed by atoms with E-state index in [2.05, 4.69) is 0 Å². The summed E-state index contributed by atoms with van der Waals surface area (Å²) in [7, 11) is 0. The van der Waals surface area contributed by atoms with Crippen LogP contribution < -0.4 is 0 Å². The van der Waals surface area contributed by atoms with Crippen LogP contribution in [0.2, 0.25) is 0 Å². The Morgan fingerprint density at radius 2 is 1.56 bits per heavy atom. The molecule has 1 aliphatic heterocycles. The van der Waals surface area contributed by atoms with E-state index in [1.165, 1.54) is 24.3 Å². The van der Waals surface area contributed by atoms with Crippen LogP contribution in [-0.2, 0) is 9.47 Å². The minimum absolute atomic E-state index is 0.00453. The van der Waals surface area contributed by atoms with Crippen molar-refractivity contribution in [2.24, 2.45) is 0 Å². The molecule has 1 fully saturated rings. The van der Waals surface area contributed by atoms with Gasteiger partial charge in [0.1, 0.15) is 24.4 Å². The van der Waals surface area contributed by atoms with E-state index in [1.54, 1.807) is 0 Å². The summed E-state index contributed by atoms with van der Waals surface area (Å²) in [5.41, 5.74) is 0.0102. The third-order valence-corrected chi connectivity index (χ3v) is 4.14. The number of ether oxygens (including phenoxy) is 2. The van der Waals surface area contributed by atoms with Crippen LogP contribution in [0.5, 0.6) is 0 Å². The first-order chi connectivity index (χ1) is 11.9. The second-order valence-corrected chi connectivity index (χ2v) is 5.70. The third-order valence-electron chi connectivity index (χ3n) is 4.14. The van der Waals surface area contributed by atoms with Gasteiger partial charge in [0.25, 0.3) is 0 Å². The number of Topliss-reactive ketones (excluding diaryl/α,β-unsaturated/α-hetero) is 2. The second kappa shape index (κ2) is 6.54. The molecule has 1 aliphatic carbocycles. The van der Waals surface area contributed by atoms with Crippen molar-refractivity contribution >= 4 is 11.6 Å². The molecule has 134 valence electrons. The molecule has 0 saturated carbocycles. The second-order valence-electron chi connectivity index (χ2n) is 5.70. The summed E-state index contributed by atoms with van der Waals surface area (Å²) in [6, 6.07) is 5.80. The van der Waals surface area contributed by atoms with Gasteiger partial charge in [-0.05, 0) is 0 Å². The van der Waals surface area contributed by atoms with E-state index in [0.717, 1.165) is 0 Å². The number of benzene rings is 1. The topological polar surface area (TPSA) is 154 Å². The lowest BCUT2D eigenvalue weighted by atomic mass is 9.92. The molecule has 1 aromatic carbocycles. The van der Waals surface area contributed by atoms with Crippen molar-refractivity contribution in [1.29, 1.82) is 0 Å². The van der Waals surface area contributed by atoms with Crippen molar-refractivity contribution in [2.75, 3.05) is 6.61 Å². The maximum Gasteiger partial charge on any atom is 0.232 e. The summed E-state index contributed by atoms with van der Waals surface area (Å²) in [6.45, 7) is -0.689. The first-order valence-electron chi connectivity index (χ1n) is 7.45. The smallest absolute Gasteiger partial charge is 0.232 e. The lowest BCUT2D eigenvalue weighted by Gasteiger charge is -2.39. The van der Waals surface area contributed by atoms with Crippen molar-refractivity contribution < 1.29 is 44.6 Å². The fourth-order valence-corrected chi connectivity index (χ4v) is 2.73. The minimum Gasteiger partial charge on any atom is -0.501 e. The lowest BCUT2D eigenvalue weighted by molar-refractivity contribution is -0.290. The molecule has 1 unspecified atom stereocenters. The molecule has 0 aromatic heterocycles. The number of fused-ring (bicyclic) bond motifs is 1. The molecule has 0 spiro atoms. The number of aliphatic hydroxyl groups excluding tert-OH is 5. The number of rotatable bonds is 3. The molecular formula is C16H16O9. The van der Waals surface area contributed by atoms with Crippen LogP contribution in [-0.4, -0.2) is 74.4 Å². The molecule has 9 heteroatoms. The first kappa shape index (κ1) is 17.5. The van der Waals surface area contributed by atoms with Crippen LogP contribution in [0, 0.1) is 0 Å². The molecule has 1 saturated heterocycles. The van der Waals surface area contributed by atoms with E-state index in [-0.39, 0.29) is 11.1 Å². The van der Waals surface area contributed by atoms with Crippen molar-refractivity contribution in [3.05, 3.63) is 46.9 Å². The van der Waals surface area contributed by atoms with E-state index in [9.17, 15) is 30.0 Å². The zero-order valence-electron chi connectivity index (χ0n) is 12.8.